The van der Waals surface area contributed by atoms with Gasteiger partial charge in [0.1, 0.15) is 17.3 Å². The Hall–Kier alpha value is -3.07. The van der Waals surface area contributed by atoms with Crippen molar-refractivity contribution in [3.8, 4) is 0 Å². The first kappa shape index (κ1) is 21.2. The van der Waals surface area contributed by atoms with Crippen LogP contribution in [0.2, 0.25) is 0 Å². The Morgan fingerprint density at radius 3 is 2.52 bits per heavy atom. The molecule has 9 heteroatoms. The molecule has 0 spiro atoms. The number of carbonyl (C=O) groups excluding carboxylic acids is 2. The SMILES string of the molecule is Cc1ccc([C@H](C(=O)NC2CCCCC2)N(C(=O)c2csnn2)c2ccc(F)cc2)o1. The molecule has 2 heterocycles. The van der Waals surface area contributed by atoms with E-state index in [0.29, 0.717) is 17.2 Å². The average Bonchev–Trinajstić information content (AvgIpc) is 3.45. The van der Waals surface area contributed by atoms with Crippen molar-refractivity contribution in [3.63, 3.8) is 0 Å². The minimum atomic E-state index is -1.07. The fraction of sp³-hybridized carbons (Fsp3) is 0.364. The molecule has 1 aromatic carbocycles. The van der Waals surface area contributed by atoms with Crippen LogP contribution >= 0.6 is 11.5 Å². The number of hydrogen-bond acceptors (Lipinski definition) is 6. The third-order valence-electron chi connectivity index (χ3n) is 5.39. The van der Waals surface area contributed by atoms with Gasteiger partial charge < -0.3 is 9.73 Å². The lowest BCUT2D eigenvalue weighted by atomic mass is 9.95. The molecule has 7 nitrogen and oxygen atoms in total. The number of amides is 2. The number of aryl methyl sites for hydroxylation is 1. The highest BCUT2D eigenvalue weighted by atomic mass is 32.1. The summed E-state index contributed by atoms with van der Waals surface area (Å²) in [5.74, 6) is -0.359. The molecular weight excluding hydrogens is 419 g/mol. The number of halogens is 1. The molecule has 1 atom stereocenters. The Labute approximate surface area is 183 Å². The summed E-state index contributed by atoms with van der Waals surface area (Å²) in [5.41, 5.74) is 0.463. The van der Waals surface area contributed by atoms with E-state index in [1.807, 2.05) is 0 Å². The largest absolute Gasteiger partial charge is 0.464 e. The van der Waals surface area contributed by atoms with Gasteiger partial charge in [-0.3, -0.25) is 14.5 Å². The van der Waals surface area contributed by atoms with E-state index in [9.17, 15) is 14.0 Å². The van der Waals surface area contributed by atoms with Gasteiger partial charge >= 0.3 is 0 Å². The molecule has 0 bridgehead atoms. The van der Waals surface area contributed by atoms with Gasteiger partial charge in [0.25, 0.3) is 11.8 Å². The molecule has 0 unspecified atom stereocenters. The Bertz CT molecular complexity index is 1030. The van der Waals surface area contributed by atoms with Gasteiger partial charge in [-0.2, -0.15) is 0 Å². The summed E-state index contributed by atoms with van der Waals surface area (Å²) in [4.78, 5) is 28.2. The number of benzene rings is 1. The second kappa shape index (κ2) is 9.38. The number of aromatic nitrogens is 2. The van der Waals surface area contributed by atoms with Gasteiger partial charge in [-0.1, -0.05) is 23.8 Å². The third-order valence-corrected chi connectivity index (χ3v) is 5.90. The highest BCUT2D eigenvalue weighted by Crippen LogP contribution is 2.31. The summed E-state index contributed by atoms with van der Waals surface area (Å²) in [6, 6.07) is 7.82. The maximum absolute atomic E-state index is 13.6. The molecule has 3 aromatic rings. The summed E-state index contributed by atoms with van der Waals surface area (Å²) in [5, 5.41) is 8.48. The first-order valence-electron chi connectivity index (χ1n) is 10.3. The predicted octanol–water partition coefficient (Wildman–Crippen LogP) is 4.42. The molecule has 162 valence electrons. The van der Waals surface area contributed by atoms with Gasteiger partial charge in [-0.05, 0) is 67.7 Å². The van der Waals surface area contributed by atoms with Crippen LogP contribution in [0.4, 0.5) is 10.1 Å². The van der Waals surface area contributed by atoms with E-state index in [0.717, 1.165) is 43.6 Å². The fourth-order valence-electron chi connectivity index (χ4n) is 3.87. The van der Waals surface area contributed by atoms with Crippen molar-refractivity contribution in [3.05, 3.63) is 64.8 Å². The van der Waals surface area contributed by atoms with Crippen LogP contribution < -0.4 is 10.2 Å². The molecule has 2 aromatic heterocycles. The molecule has 31 heavy (non-hydrogen) atoms. The van der Waals surface area contributed by atoms with E-state index in [4.69, 9.17) is 4.42 Å². The summed E-state index contributed by atoms with van der Waals surface area (Å²) in [7, 11) is 0. The number of carbonyl (C=O) groups is 2. The topological polar surface area (TPSA) is 88.3 Å². The second-order valence-corrected chi connectivity index (χ2v) is 8.25. The zero-order valence-electron chi connectivity index (χ0n) is 17.1. The lowest BCUT2D eigenvalue weighted by Crippen LogP contribution is -2.47. The van der Waals surface area contributed by atoms with Crippen LogP contribution in [-0.4, -0.2) is 27.4 Å². The lowest BCUT2D eigenvalue weighted by Gasteiger charge is -2.31. The van der Waals surface area contributed by atoms with Crippen LogP contribution in [0, 0.1) is 12.7 Å². The average molecular weight is 443 g/mol. The summed E-state index contributed by atoms with van der Waals surface area (Å²) in [6.45, 7) is 1.77. The van der Waals surface area contributed by atoms with Crippen LogP contribution in [0.15, 0.2) is 46.2 Å². The molecule has 1 fully saturated rings. The Morgan fingerprint density at radius 2 is 1.90 bits per heavy atom. The number of hydrogen-bond donors (Lipinski definition) is 1. The molecule has 2 amide bonds. The van der Waals surface area contributed by atoms with E-state index >= 15 is 0 Å². The molecule has 1 aliphatic carbocycles. The Balaban J connectivity index is 1.75. The quantitative estimate of drug-likeness (QED) is 0.611. The van der Waals surface area contributed by atoms with Crippen LogP contribution in [0.3, 0.4) is 0 Å². The standard InChI is InChI=1S/C22H23FN4O3S/c1-14-7-12-19(30-14)20(21(28)24-16-5-3-2-4-6-16)27(17-10-8-15(23)9-11-17)22(29)18-13-31-26-25-18/h7-13,16,20H,2-6H2,1H3,(H,24,28)/t20-/m1/s1. The van der Waals surface area contributed by atoms with E-state index in [1.165, 1.54) is 34.5 Å². The molecule has 4 rings (SSSR count). The molecule has 1 N–H and O–H groups in total. The van der Waals surface area contributed by atoms with Crippen LogP contribution in [0.25, 0.3) is 0 Å². The smallest absolute Gasteiger partial charge is 0.280 e. The second-order valence-electron chi connectivity index (χ2n) is 7.64. The van der Waals surface area contributed by atoms with Crippen LogP contribution in [0.5, 0.6) is 0 Å². The molecular formula is C22H23FN4O3S. The van der Waals surface area contributed by atoms with Crippen molar-refractivity contribution in [2.75, 3.05) is 4.90 Å². The van der Waals surface area contributed by atoms with Gasteiger partial charge in [-0.25, -0.2) is 4.39 Å². The zero-order chi connectivity index (χ0) is 21.8. The van der Waals surface area contributed by atoms with Crippen molar-refractivity contribution in [2.45, 2.75) is 51.1 Å². The number of nitrogens with one attached hydrogen (secondary N) is 1. The van der Waals surface area contributed by atoms with Crippen molar-refractivity contribution >= 4 is 29.0 Å². The van der Waals surface area contributed by atoms with Crippen molar-refractivity contribution in [1.29, 1.82) is 0 Å². The highest BCUT2D eigenvalue weighted by molar-refractivity contribution is 7.03. The molecule has 0 radical (unpaired) electrons. The summed E-state index contributed by atoms with van der Waals surface area (Å²) in [6.07, 6.45) is 5.07. The van der Waals surface area contributed by atoms with Crippen molar-refractivity contribution < 1.29 is 18.4 Å². The van der Waals surface area contributed by atoms with Gasteiger partial charge in [-0.15, -0.1) is 5.10 Å². The van der Waals surface area contributed by atoms with Gasteiger partial charge in [0, 0.05) is 17.1 Å². The van der Waals surface area contributed by atoms with Crippen LogP contribution in [-0.2, 0) is 4.79 Å². The molecule has 1 saturated carbocycles. The fourth-order valence-corrected chi connectivity index (χ4v) is 4.30. The van der Waals surface area contributed by atoms with E-state index in [-0.39, 0.29) is 17.6 Å². The minimum Gasteiger partial charge on any atom is -0.464 e. The lowest BCUT2D eigenvalue weighted by molar-refractivity contribution is -0.123. The molecule has 0 saturated heterocycles. The van der Waals surface area contributed by atoms with E-state index in [1.54, 1.807) is 19.1 Å². The van der Waals surface area contributed by atoms with E-state index < -0.39 is 17.8 Å². The van der Waals surface area contributed by atoms with Crippen molar-refractivity contribution in [1.82, 2.24) is 14.9 Å². The van der Waals surface area contributed by atoms with E-state index in [2.05, 4.69) is 14.9 Å². The van der Waals surface area contributed by atoms with Gasteiger partial charge in [0.2, 0.25) is 0 Å². The maximum Gasteiger partial charge on any atom is 0.280 e. The zero-order valence-corrected chi connectivity index (χ0v) is 17.9. The summed E-state index contributed by atoms with van der Waals surface area (Å²) >= 11 is 1.04. The predicted molar refractivity (Wildman–Crippen MR) is 114 cm³/mol. The number of anilines is 1. The first-order valence-corrected chi connectivity index (χ1v) is 11.1. The highest BCUT2D eigenvalue weighted by Gasteiger charge is 2.37. The monoisotopic (exact) mass is 442 g/mol. The Kier molecular flexibility index (Phi) is 6.41. The minimum absolute atomic E-state index is 0.0471. The number of furan rings is 1. The molecule has 1 aliphatic rings. The summed E-state index contributed by atoms with van der Waals surface area (Å²) < 4.78 is 23.2. The Morgan fingerprint density at radius 1 is 1.16 bits per heavy atom. The van der Waals surface area contributed by atoms with Crippen molar-refractivity contribution in [2.24, 2.45) is 0 Å². The number of rotatable bonds is 6. The normalized spacial score (nSPS) is 15.4. The third kappa shape index (κ3) is 4.82. The molecule has 0 aliphatic heterocycles. The maximum atomic E-state index is 13.6. The number of nitrogens with zero attached hydrogens (tertiary/aromatic N) is 3. The van der Waals surface area contributed by atoms with Gasteiger partial charge in [0.15, 0.2) is 11.7 Å². The first-order chi connectivity index (χ1) is 15.0. The van der Waals surface area contributed by atoms with Gasteiger partial charge in [0.05, 0.1) is 0 Å². The van der Waals surface area contributed by atoms with Crippen LogP contribution in [0.1, 0.15) is 60.2 Å².